The normalized spacial score (nSPS) is 22.1. The number of carbonyl (C=O) groups is 3. The van der Waals surface area contributed by atoms with Crippen LogP contribution in [0.3, 0.4) is 0 Å². The number of nitrogens with one attached hydrogen (secondary N) is 1. The third kappa shape index (κ3) is 5.84. The highest BCUT2D eigenvalue weighted by Crippen LogP contribution is 2.27. The lowest BCUT2D eigenvalue weighted by molar-refractivity contribution is -0.140. The molecule has 1 unspecified atom stereocenters. The molecule has 2 amide bonds. The molecule has 2 rings (SSSR count). The fourth-order valence-corrected chi connectivity index (χ4v) is 3.74. The number of piperidine rings is 1. The molecule has 2 aliphatic rings. The van der Waals surface area contributed by atoms with Crippen LogP contribution < -0.4 is 5.32 Å². The van der Waals surface area contributed by atoms with E-state index >= 15 is 0 Å². The van der Waals surface area contributed by atoms with Crippen molar-refractivity contribution in [2.45, 2.75) is 70.3 Å². The van der Waals surface area contributed by atoms with Gasteiger partial charge in [0, 0.05) is 25.4 Å². The summed E-state index contributed by atoms with van der Waals surface area (Å²) in [5.74, 6) is -0.472. The third-order valence-corrected chi connectivity index (χ3v) is 5.02. The van der Waals surface area contributed by atoms with E-state index in [-0.39, 0.29) is 30.8 Å². The van der Waals surface area contributed by atoms with Crippen molar-refractivity contribution in [1.82, 2.24) is 10.2 Å². The van der Waals surface area contributed by atoms with Crippen molar-refractivity contribution in [2.75, 3.05) is 13.1 Å². The van der Waals surface area contributed by atoms with Crippen LogP contribution in [0.2, 0.25) is 0 Å². The minimum atomic E-state index is -0.826. The summed E-state index contributed by atoms with van der Waals surface area (Å²) in [5.41, 5.74) is 0. The monoisotopic (exact) mass is 324 g/mol. The molecule has 0 bridgehead atoms. The van der Waals surface area contributed by atoms with Gasteiger partial charge in [-0.05, 0) is 44.4 Å². The van der Waals surface area contributed by atoms with Gasteiger partial charge in [-0.1, -0.05) is 12.8 Å². The second-order valence-electron chi connectivity index (χ2n) is 6.80. The molecule has 0 aromatic heterocycles. The predicted octanol–water partition coefficient (Wildman–Crippen LogP) is 1.93. The lowest BCUT2D eigenvalue weighted by Gasteiger charge is -2.35. The quantitative estimate of drug-likeness (QED) is 0.749. The molecule has 2 N–H and O–H groups in total. The lowest BCUT2D eigenvalue weighted by Crippen LogP contribution is -2.48. The zero-order chi connectivity index (χ0) is 16.7. The van der Waals surface area contributed by atoms with Crippen molar-refractivity contribution in [2.24, 2.45) is 5.92 Å². The van der Waals surface area contributed by atoms with E-state index in [4.69, 9.17) is 5.11 Å². The molecular formula is C17H28N2O4. The summed E-state index contributed by atoms with van der Waals surface area (Å²) in [6, 6.07) is -0.000848. The van der Waals surface area contributed by atoms with E-state index in [1.54, 1.807) is 4.90 Å². The Bertz CT molecular complexity index is 432. The van der Waals surface area contributed by atoms with Gasteiger partial charge in [0.1, 0.15) is 0 Å². The maximum absolute atomic E-state index is 12.4. The standard InChI is InChI=1S/C17H28N2O4/c20-15(11-13-5-1-2-6-13)18-12-16(21)19-10-4-3-7-14(19)8-9-17(22)23/h13-14H,1-12H2,(H,18,20)(H,22,23). The van der Waals surface area contributed by atoms with Crippen LogP contribution in [0.15, 0.2) is 0 Å². The number of carboxylic acids is 1. The first-order valence-electron chi connectivity index (χ1n) is 8.84. The number of aliphatic carboxylic acids is 1. The van der Waals surface area contributed by atoms with Gasteiger partial charge < -0.3 is 15.3 Å². The Kier molecular flexibility index (Phi) is 6.86. The molecule has 0 aromatic rings. The number of hydrogen-bond donors (Lipinski definition) is 2. The first-order valence-corrected chi connectivity index (χ1v) is 8.84. The van der Waals surface area contributed by atoms with Crippen molar-refractivity contribution in [3.8, 4) is 0 Å². The predicted molar refractivity (Wildman–Crippen MR) is 85.8 cm³/mol. The number of rotatable bonds is 7. The fraction of sp³-hybridized carbons (Fsp3) is 0.824. The first kappa shape index (κ1) is 17.8. The molecule has 130 valence electrons. The maximum atomic E-state index is 12.4. The second kappa shape index (κ2) is 8.89. The zero-order valence-corrected chi connectivity index (χ0v) is 13.8. The molecule has 0 spiro atoms. The average Bonchev–Trinajstić information content (AvgIpc) is 3.03. The molecule has 23 heavy (non-hydrogen) atoms. The van der Waals surface area contributed by atoms with E-state index in [9.17, 15) is 14.4 Å². The molecule has 0 radical (unpaired) electrons. The third-order valence-electron chi connectivity index (χ3n) is 5.02. The molecule has 1 heterocycles. The van der Waals surface area contributed by atoms with Gasteiger partial charge in [0.15, 0.2) is 0 Å². The topological polar surface area (TPSA) is 86.7 Å². The van der Waals surface area contributed by atoms with Crippen LogP contribution in [0.5, 0.6) is 0 Å². The molecule has 0 aromatic carbocycles. The molecule has 1 atom stereocenters. The van der Waals surface area contributed by atoms with Crippen LogP contribution in [0.1, 0.15) is 64.2 Å². The van der Waals surface area contributed by atoms with Crippen LogP contribution in [0.4, 0.5) is 0 Å². The van der Waals surface area contributed by atoms with Crippen LogP contribution >= 0.6 is 0 Å². The fourth-order valence-electron chi connectivity index (χ4n) is 3.74. The largest absolute Gasteiger partial charge is 0.481 e. The number of likely N-dealkylation sites (tertiary alicyclic amines) is 1. The summed E-state index contributed by atoms with van der Waals surface area (Å²) in [6.45, 7) is 0.705. The van der Waals surface area contributed by atoms with Gasteiger partial charge in [0.25, 0.3) is 0 Å². The van der Waals surface area contributed by atoms with Crippen molar-refractivity contribution in [3.63, 3.8) is 0 Å². The minimum Gasteiger partial charge on any atom is -0.481 e. The van der Waals surface area contributed by atoms with Gasteiger partial charge in [-0.15, -0.1) is 0 Å². The minimum absolute atomic E-state index is 0.000848. The Balaban J connectivity index is 1.75. The van der Waals surface area contributed by atoms with Crippen LogP contribution in [-0.2, 0) is 14.4 Å². The van der Waals surface area contributed by atoms with Gasteiger partial charge >= 0.3 is 5.97 Å². The van der Waals surface area contributed by atoms with E-state index in [1.165, 1.54) is 12.8 Å². The number of carbonyl (C=O) groups excluding carboxylic acids is 2. The summed E-state index contributed by atoms with van der Waals surface area (Å²) >= 11 is 0. The summed E-state index contributed by atoms with van der Waals surface area (Å²) < 4.78 is 0. The van der Waals surface area contributed by atoms with E-state index in [1.807, 2.05) is 0 Å². The molecule has 1 aliphatic carbocycles. The number of nitrogens with zero attached hydrogens (tertiary/aromatic N) is 1. The molecule has 1 saturated carbocycles. The van der Waals surface area contributed by atoms with Crippen molar-refractivity contribution in [3.05, 3.63) is 0 Å². The molecule has 6 nitrogen and oxygen atoms in total. The van der Waals surface area contributed by atoms with Gasteiger partial charge in [0.05, 0.1) is 6.54 Å². The molecular weight excluding hydrogens is 296 g/mol. The highest BCUT2D eigenvalue weighted by molar-refractivity contribution is 5.85. The Morgan fingerprint density at radius 2 is 1.74 bits per heavy atom. The first-order chi connectivity index (χ1) is 11.1. The number of hydrogen-bond acceptors (Lipinski definition) is 3. The Morgan fingerprint density at radius 3 is 2.43 bits per heavy atom. The summed E-state index contributed by atoms with van der Waals surface area (Å²) in [4.78, 5) is 36.8. The Morgan fingerprint density at radius 1 is 1.04 bits per heavy atom. The second-order valence-corrected chi connectivity index (χ2v) is 6.80. The molecule has 2 fully saturated rings. The van der Waals surface area contributed by atoms with Crippen LogP contribution in [0.25, 0.3) is 0 Å². The number of carboxylic acid groups (broad SMARTS) is 1. The SMILES string of the molecule is O=C(O)CCC1CCCCN1C(=O)CNC(=O)CC1CCCC1. The highest BCUT2D eigenvalue weighted by Gasteiger charge is 2.27. The molecule has 1 aliphatic heterocycles. The molecule has 1 saturated heterocycles. The smallest absolute Gasteiger partial charge is 0.303 e. The van der Waals surface area contributed by atoms with Crippen molar-refractivity contribution < 1.29 is 19.5 Å². The van der Waals surface area contributed by atoms with E-state index in [2.05, 4.69) is 5.32 Å². The van der Waals surface area contributed by atoms with Crippen LogP contribution in [0, 0.1) is 5.92 Å². The summed E-state index contributed by atoms with van der Waals surface area (Å²) in [6.07, 6.45) is 8.58. The van der Waals surface area contributed by atoms with E-state index in [0.717, 1.165) is 32.1 Å². The van der Waals surface area contributed by atoms with Crippen LogP contribution in [-0.4, -0.2) is 46.9 Å². The maximum Gasteiger partial charge on any atom is 0.303 e. The van der Waals surface area contributed by atoms with Gasteiger partial charge in [0.2, 0.25) is 11.8 Å². The number of amides is 2. The van der Waals surface area contributed by atoms with E-state index < -0.39 is 5.97 Å². The summed E-state index contributed by atoms with van der Waals surface area (Å²) in [7, 11) is 0. The average molecular weight is 324 g/mol. The van der Waals surface area contributed by atoms with Gasteiger partial charge in [-0.25, -0.2) is 0 Å². The Hall–Kier alpha value is -1.59. The lowest BCUT2D eigenvalue weighted by atomic mass is 9.98. The Labute approximate surface area is 137 Å². The summed E-state index contributed by atoms with van der Waals surface area (Å²) in [5, 5.41) is 11.6. The zero-order valence-electron chi connectivity index (χ0n) is 13.8. The van der Waals surface area contributed by atoms with Gasteiger partial charge in [-0.2, -0.15) is 0 Å². The van der Waals surface area contributed by atoms with Gasteiger partial charge in [-0.3, -0.25) is 14.4 Å². The van der Waals surface area contributed by atoms with E-state index in [0.29, 0.717) is 25.3 Å². The van der Waals surface area contributed by atoms with Crippen molar-refractivity contribution in [1.29, 1.82) is 0 Å². The van der Waals surface area contributed by atoms with Crippen molar-refractivity contribution >= 4 is 17.8 Å². The molecule has 6 heteroatoms. The highest BCUT2D eigenvalue weighted by atomic mass is 16.4.